The number of carbonyl (C=O) groups is 1. The van der Waals surface area contributed by atoms with Gasteiger partial charge >= 0.3 is 0 Å². The number of ketones is 1. The number of carbonyl (C=O) groups excluding carboxylic acids is 1. The number of alkyl halides is 1. The molecule has 1 aromatic heterocycles. The van der Waals surface area contributed by atoms with Crippen molar-refractivity contribution in [1.29, 1.82) is 0 Å². The van der Waals surface area contributed by atoms with E-state index in [2.05, 4.69) is 28.0 Å². The maximum atomic E-state index is 13.4. The molecule has 0 saturated heterocycles. The summed E-state index contributed by atoms with van der Waals surface area (Å²) in [6.07, 6.45) is 5.25. The lowest BCUT2D eigenvalue weighted by atomic mass is 9.97. The van der Waals surface area contributed by atoms with Gasteiger partial charge in [-0.2, -0.15) is 0 Å². The average molecular weight is 472 g/mol. The van der Waals surface area contributed by atoms with E-state index in [9.17, 15) is 4.79 Å². The van der Waals surface area contributed by atoms with Crippen molar-refractivity contribution < 1.29 is 18.8 Å². The van der Waals surface area contributed by atoms with E-state index in [0.717, 1.165) is 53.5 Å². The summed E-state index contributed by atoms with van der Waals surface area (Å²) < 4.78 is 11.8. The van der Waals surface area contributed by atoms with Crippen molar-refractivity contribution in [3.63, 3.8) is 0 Å². The van der Waals surface area contributed by atoms with Gasteiger partial charge in [0, 0.05) is 22.7 Å². The Morgan fingerprint density at radius 3 is 2.67 bits per heavy atom. The molecule has 0 amide bonds. The highest BCUT2D eigenvalue weighted by atomic mass is 79.9. The number of unbranched alkanes of at least 4 members (excludes halogenated alkanes) is 1. The zero-order valence-electron chi connectivity index (χ0n) is 17.3. The molecular formula is C24H26BrNO4. The molecule has 0 aliphatic rings. The molecular weight excluding hydrogens is 446 g/mol. The fraction of sp³-hybridized carbons (Fsp3) is 0.333. The van der Waals surface area contributed by atoms with Gasteiger partial charge < -0.3 is 14.0 Å². The normalized spacial score (nSPS) is 11.3. The van der Waals surface area contributed by atoms with Crippen LogP contribution in [0.4, 0.5) is 0 Å². The van der Waals surface area contributed by atoms with Gasteiger partial charge in [0.05, 0.1) is 18.4 Å². The maximum Gasteiger partial charge on any atom is 0.197 e. The molecule has 0 saturated carbocycles. The summed E-state index contributed by atoms with van der Waals surface area (Å²) in [7, 11) is 1.50. The number of rotatable bonds is 11. The Kier molecular flexibility index (Phi) is 8.08. The molecule has 0 spiro atoms. The van der Waals surface area contributed by atoms with Crippen LogP contribution in [0.15, 0.2) is 52.0 Å². The largest absolute Gasteiger partial charge is 0.494 e. The topological polar surface area (TPSA) is 61.0 Å². The number of aryl methyl sites for hydroxylation is 1. The van der Waals surface area contributed by atoms with Gasteiger partial charge in [0.1, 0.15) is 24.2 Å². The number of hydrogen-bond acceptors (Lipinski definition) is 5. The molecule has 0 N–H and O–H groups in total. The maximum absolute atomic E-state index is 13.4. The van der Waals surface area contributed by atoms with Crippen LogP contribution in [0.5, 0.6) is 5.75 Å². The number of benzene rings is 2. The van der Waals surface area contributed by atoms with Crippen molar-refractivity contribution >= 4 is 38.9 Å². The Bertz CT molecular complexity index is 1010. The van der Waals surface area contributed by atoms with E-state index in [0.29, 0.717) is 23.3 Å². The summed E-state index contributed by atoms with van der Waals surface area (Å²) in [4.78, 5) is 18.2. The smallest absolute Gasteiger partial charge is 0.197 e. The predicted octanol–water partition coefficient (Wildman–Crippen LogP) is 6.15. The van der Waals surface area contributed by atoms with Gasteiger partial charge in [-0.1, -0.05) is 34.4 Å². The summed E-state index contributed by atoms with van der Waals surface area (Å²) in [5.74, 6) is 1.44. The van der Waals surface area contributed by atoms with Crippen molar-refractivity contribution in [2.75, 3.05) is 19.0 Å². The van der Waals surface area contributed by atoms with Crippen molar-refractivity contribution in [3.05, 3.63) is 64.9 Å². The number of oxime groups is 1. The molecule has 1 heterocycles. The molecule has 5 nitrogen and oxygen atoms in total. The van der Waals surface area contributed by atoms with Crippen LogP contribution < -0.4 is 4.74 Å². The molecule has 0 unspecified atom stereocenters. The lowest BCUT2D eigenvalue weighted by Gasteiger charge is -2.07. The van der Waals surface area contributed by atoms with Crippen molar-refractivity contribution in [1.82, 2.24) is 0 Å². The molecule has 0 aliphatic heterocycles. The Balaban J connectivity index is 1.96. The minimum atomic E-state index is -0.0484. The minimum absolute atomic E-state index is 0.0484. The Morgan fingerprint density at radius 2 is 1.97 bits per heavy atom. The van der Waals surface area contributed by atoms with E-state index in [1.807, 2.05) is 42.5 Å². The van der Waals surface area contributed by atoms with Crippen LogP contribution >= 0.6 is 15.9 Å². The van der Waals surface area contributed by atoms with Crippen LogP contribution in [0, 0.1) is 0 Å². The van der Waals surface area contributed by atoms with Gasteiger partial charge in [0.2, 0.25) is 0 Å². The molecule has 0 fully saturated rings. The Hall–Kier alpha value is -2.60. The molecule has 0 bridgehead atoms. The van der Waals surface area contributed by atoms with Crippen molar-refractivity contribution in [2.24, 2.45) is 5.16 Å². The first-order valence-electron chi connectivity index (χ1n) is 10.1. The van der Waals surface area contributed by atoms with E-state index < -0.39 is 0 Å². The number of fused-ring (bicyclic) bond motifs is 1. The van der Waals surface area contributed by atoms with E-state index >= 15 is 0 Å². The monoisotopic (exact) mass is 471 g/mol. The van der Waals surface area contributed by atoms with E-state index in [4.69, 9.17) is 14.0 Å². The summed E-state index contributed by atoms with van der Waals surface area (Å²) in [5.41, 5.74) is 2.78. The van der Waals surface area contributed by atoms with Gasteiger partial charge in [-0.05, 0) is 60.9 Å². The fourth-order valence-electron chi connectivity index (χ4n) is 3.21. The molecule has 3 rings (SSSR count). The molecule has 0 aliphatic carbocycles. The van der Waals surface area contributed by atoms with Gasteiger partial charge in [0.15, 0.2) is 5.78 Å². The molecule has 30 heavy (non-hydrogen) atoms. The molecule has 3 aromatic rings. The first-order chi connectivity index (χ1) is 14.7. The van der Waals surface area contributed by atoms with Gasteiger partial charge in [0.25, 0.3) is 0 Å². The van der Waals surface area contributed by atoms with Gasteiger partial charge in [-0.3, -0.25) is 4.79 Å². The average Bonchev–Trinajstić information content (AvgIpc) is 3.14. The highest BCUT2D eigenvalue weighted by molar-refractivity contribution is 9.09. The molecule has 2 aromatic carbocycles. The first kappa shape index (κ1) is 22.1. The molecule has 6 heteroatoms. The van der Waals surface area contributed by atoms with Crippen LogP contribution in [0.2, 0.25) is 0 Å². The number of nitrogens with zero attached hydrogens (tertiary/aromatic N) is 1. The summed E-state index contributed by atoms with van der Waals surface area (Å²) in [6.45, 7) is 2.76. The Labute approximate surface area is 185 Å². The van der Waals surface area contributed by atoms with Crippen LogP contribution in [0.25, 0.3) is 11.0 Å². The van der Waals surface area contributed by atoms with Crippen molar-refractivity contribution in [2.45, 2.75) is 32.6 Å². The second-order valence-electron chi connectivity index (χ2n) is 6.92. The number of ether oxygens (including phenoxy) is 1. The van der Waals surface area contributed by atoms with Crippen LogP contribution in [0.1, 0.15) is 53.4 Å². The lowest BCUT2D eigenvalue weighted by Crippen LogP contribution is -2.04. The number of halogens is 1. The number of furan rings is 1. The van der Waals surface area contributed by atoms with Crippen LogP contribution in [-0.2, 0) is 11.3 Å². The molecule has 0 atom stereocenters. The standard InChI is InChI=1S/C24H26BrNO4/c1-3-4-6-22-23(20-15-17(16-26-28-2)7-12-21(20)30-22)24(27)18-8-10-19(11-9-18)29-14-5-13-25/h7-12,15-16H,3-6,13-14H2,1-2H3. The van der Waals surface area contributed by atoms with Crippen LogP contribution in [0.3, 0.4) is 0 Å². The first-order valence-corrected chi connectivity index (χ1v) is 11.3. The number of hydrogen-bond donors (Lipinski definition) is 0. The summed E-state index contributed by atoms with van der Waals surface area (Å²) in [5, 5.41) is 5.51. The van der Waals surface area contributed by atoms with E-state index in [1.165, 1.54) is 7.11 Å². The summed E-state index contributed by atoms with van der Waals surface area (Å²) in [6, 6.07) is 13.0. The van der Waals surface area contributed by atoms with Crippen LogP contribution in [-0.4, -0.2) is 31.0 Å². The second kappa shape index (κ2) is 11.0. The van der Waals surface area contributed by atoms with Gasteiger partial charge in [-0.15, -0.1) is 0 Å². The zero-order chi connectivity index (χ0) is 21.3. The van der Waals surface area contributed by atoms with E-state index in [-0.39, 0.29) is 5.78 Å². The third-order valence-electron chi connectivity index (χ3n) is 4.74. The zero-order valence-corrected chi connectivity index (χ0v) is 18.9. The third kappa shape index (κ3) is 5.30. The minimum Gasteiger partial charge on any atom is -0.494 e. The highest BCUT2D eigenvalue weighted by Gasteiger charge is 2.22. The second-order valence-corrected chi connectivity index (χ2v) is 7.71. The van der Waals surface area contributed by atoms with E-state index in [1.54, 1.807) is 6.21 Å². The summed E-state index contributed by atoms with van der Waals surface area (Å²) >= 11 is 3.39. The van der Waals surface area contributed by atoms with Gasteiger partial charge in [-0.25, -0.2) is 0 Å². The highest BCUT2D eigenvalue weighted by Crippen LogP contribution is 2.30. The third-order valence-corrected chi connectivity index (χ3v) is 5.30. The quantitative estimate of drug-likeness (QED) is 0.110. The fourth-order valence-corrected chi connectivity index (χ4v) is 3.44. The predicted molar refractivity (Wildman–Crippen MR) is 123 cm³/mol. The van der Waals surface area contributed by atoms with Crippen molar-refractivity contribution in [3.8, 4) is 5.75 Å². The molecule has 158 valence electrons. The Morgan fingerprint density at radius 1 is 1.17 bits per heavy atom. The lowest BCUT2D eigenvalue weighted by molar-refractivity contribution is 0.103. The SMILES string of the molecule is CCCCc1oc2ccc(C=NOC)cc2c1C(=O)c1ccc(OCCCBr)cc1. The molecule has 0 radical (unpaired) electrons.